The van der Waals surface area contributed by atoms with Crippen molar-refractivity contribution in [3.8, 4) is 0 Å². The minimum absolute atomic E-state index is 0.304. The van der Waals surface area contributed by atoms with Crippen LogP contribution in [0.25, 0.3) is 11.0 Å². The predicted octanol–water partition coefficient (Wildman–Crippen LogP) is 5.44. The van der Waals surface area contributed by atoms with E-state index in [9.17, 15) is 0 Å². The molecule has 1 aromatic heterocycles. The molecular formula is C18H16ClNOS. The van der Waals surface area contributed by atoms with E-state index in [0.29, 0.717) is 11.1 Å². The Balaban J connectivity index is 1.83. The second kappa shape index (κ2) is 5.65. The van der Waals surface area contributed by atoms with E-state index in [1.165, 1.54) is 10.5 Å². The number of benzene rings is 2. The van der Waals surface area contributed by atoms with Crippen molar-refractivity contribution >= 4 is 34.3 Å². The van der Waals surface area contributed by atoms with Gasteiger partial charge in [-0.1, -0.05) is 41.6 Å². The third-order valence-corrected chi connectivity index (χ3v) is 5.31. The van der Waals surface area contributed by atoms with Gasteiger partial charge in [0.2, 0.25) is 0 Å². The van der Waals surface area contributed by atoms with E-state index in [0.717, 1.165) is 34.6 Å². The highest BCUT2D eigenvalue weighted by atomic mass is 35.5. The lowest BCUT2D eigenvalue weighted by Crippen LogP contribution is -2.26. The fourth-order valence-electron chi connectivity index (χ4n) is 3.05. The molecule has 2 aromatic carbocycles. The molecule has 1 N–H and O–H groups in total. The molecule has 1 unspecified atom stereocenters. The van der Waals surface area contributed by atoms with Gasteiger partial charge >= 0.3 is 0 Å². The first kappa shape index (κ1) is 14.2. The van der Waals surface area contributed by atoms with Crippen molar-refractivity contribution in [1.82, 2.24) is 5.32 Å². The molecule has 0 radical (unpaired) electrons. The van der Waals surface area contributed by atoms with E-state index in [4.69, 9.17) is 16.0 Å². The average Bonchev–Trinajstić information content (AvgIpc) is 2.89. The van der Waals surface area contributed by atoms with Crippen molar-refractivity contribution in [2.75, 3.05) is 6.54 Å². The minimum atomic E-state index is 0.304. The summed E-state index contributed by atoms with van der Waals surface area (Å²) in [6.07, 6.45) is 0.922. The Morgan fingerprint density at radius 2 is 2.00 bits per heavy atom. The van der Waals surface area contributed by atoms with Gasteiger partial charge in [0, 0.05) is 39.7 Å². The monoisotopic (exact) mass is 329 g/mol. The van der Waals surface area contributed by atoms with Crippen molar-refractivity contribution < 1.29 is 4.42 Å². The van der Waals surface area contributed by atoms with Crippen molar-refractivity contribution in [2.24, 2.45) is 0 Å². The Hall–Kier alpha value is -1.42. The molecule has 4 heteroatoms. The minimum Gasteiger partial charge on any atom is -0.459 e. The molecule has 1 aliphatic rings. The summed E-state index contributed by atoms with van der Waals surface area (Å²) in [5, 5.41) is 5.33. The Kier molecular flexibility index (Phi) is 3.65. The summed E-state index contributed by atoms with van der Waals surface area (Å²) in [5.74, 6) is 1.07. The van der Waals surface area contributed by atoms with Gasteiger partial charge in [-0.25, -0.2) is 0 Å². The van der Waals surface area contributed by atoms with Gasteiger partial charge in [-0.15, -0.1) is 0 Å². The SMILES string of the molecule is CC1NCCc2oc3c(Cl)cc(Sc4ccccc4)cc3c21. The Morgan fingerprint density at radius 1 is 1.18 bits per heavy atom. The topological polar surface area (TPSA) is 25.2 Å². The molecule has 1 atom stereocenters. The van der Waals surface area contributed by atoms with Crippen LogP contribution in [-0.2, 0) is 6.42 Å². The Morgan fingerprint density at radius 3 is 2.82 bits per heavy atom. The van der Waals surface area contributed by atoms with Crippen LogP contribution in [0.1, 0.15) is 24.3 Å². The first-order valence-corrected chi connectivity index (χ1v) is 8.63. The Labute approximate surface area is 138 Å². The fraction of sp³-hybridized carbons (Fsp3) is 0.222. The Bertz CT molecular complexity index is 828. The van der Waals surface area contributed by atoms with Crippen LogP contribution in [0.4, 0.5) is 0 Å². The largest absolute Gasteiger partial charge is 0.459 e. The van der Waals surface area contributed by atoms with E-state index >= 15 is 0 Å². The van der Waals surface area contributed by atoms with E-state index in [-0.39, 0.29) is 0 Å². The smallest absolute Gasteiger partial charge is 0.153 e. The zero-order valence-electron chi connectivity index (χ0n) is 12.2. The van der Waals surface area contributed by atoms with Crippen LogP contribution in [0.2, 0.25) is 5.02 Å². The number of fused-ring (bicyclic) bond motifs is 3. The molecule has 4 rings (SSSR count). The van der Waals surface area contributed by atoms with Crippen LogP contribution in [-0.4, -0.2) is 6.54 Å². The molecule has 0 fully saturated rings. The van der Waals surface area contributed by atoms with Crippen LogP contribution < -0.4 is 5.32 Å². The van der Waals surface area contributed by atoms with Gasteiger partial charge in [0.15, 0.2) is 5.58 Å². The lowest BCUT2D eigenvalue weighted by atomic mass is 9.99. The molecule has 112 valence electrons. The van der Waals surface area contributed by atoms with Gasteiger partial charge in [0.25, 0.3) is 0 Å². The van der Waals surface area contributed by atoms with Crippen LogP contribution >= 0.6 is 23.4 Å². The van der Waals surface area contributed by atoms with Gasteiger partial charge in [0.05, 0.1) is 5.02 Å². The molecule has 1 aliphatic heterocycles. The average molecular weight is 330 g/mol. The van der Waals surface area contributed by atoms with E-state index < -0.39 is 0 Å². The number of hydrogen-bond acceptors (Lipinski definition) is 3. The number of halogens is 1. The standard InChI is InChI=1S/C18H16ClNOS/c1-11-17-14-9-13(22-12-5-3-2-4-6-12)10-15(19)18(14)21-16(17)7-8-20-11/h2-6,9-11,20H,7-8H2,1H3. The summed E-state index contributed by atoms with van der Waals surface area (Å²) in [4.78, 5) is 2.35. The highest BCUT2D eigenvalue weighted by Crippen LogP contribution is 2.40. The maximum atomic E-state index is 6.47. The number of nitrogens with one attached hydrogen (secondary N) is 1. The third-order valence-electron chi connectivity index (χ3n) is 4.05. The van der Waals surface area contributed by atoms with Crippen LogP contribution in [0, 0.1) is 0 Å². The molecule has 2 heterocycles. The predicted molar refractivity (Wildman–Crippen MR) is 91.9 cm³/mol. The van der Waals surface area contributed by atoms with Gasteiger partial charge in [-0.2, -0.15) is 0 Å². The maximum absolute atomic E-state index is 6.47. The van der Waals surface area contributed by atoms with Gasteiger partial charge in [0.1, 0.15) is 5.76 Å². The fourth-order valence-corrected chi connectivity index (χ4v) is 4.29. The van der Waals surface area contributed by atoms with E-state index in [1.54, 1.807) is 11.8 Å². The second-order valence-electron chi connectivity index (χ2n) is 5.56. The zero-order chi connectivity index (χ0) is 15.1. The molecular weight excluding hydrogens is 314 g/mol. The molecule has 0 bridgehead atoms. The lowest BCUT2D eigenvalue weighted by molar-refractivity contribution is 0.463. The van der Waals surface area contributed by atoms with Crippen LogP contribution in [0.5, 0.6) is 0 Å². The summed E-state index contributed by atoms with van der Waals surface area (Å²) in [7, 11) is 0. The first-order chi connectivity index (χ1) is 10.7. The number of rotatable bonds is 2. The summed E-state index contributed by atoms with van der Waals surface area (Å²) < 4.78 is 6.02. The molecule has 2 nitrogen and oxygen atoms in total. The molecule has 0 amide bonds. The molecule has 0 aliphatic carbocycles. The normalized spacial score (nSPS) is 17.6. The van der Waals surface area contributed by atoms with Gasteiger partial charge in [-0.05, 0) is 31.2 Å². The molecule has 0 saturated heterocycles. The maximum Gasteiger partial charge on any atom is 0.153 e. The van der Waals surface area contributed by atoms with Crippen molar-refractivity contribution in [3.63, 3.8) is 0 Å². The third kappa shape index (κ3) is 2.43. The van der Waals surface area contributed by atoms with Gasteiger partial charge in [-0.3, -0.25) is 0 Å². The molecule has 0 spiro atoms. The molecule has 0 saturated carbocycles. The summed E-state index contributed by atoms with van der Waals surface area (Å²) >= 11 is 8.19. The second-order valence-corrected chi connectivity index (χ2v) is 7.12. The van der Waals surface area contributed by atoms with Crippen molar-refractivity contribution in [1.29, 1.82) is 0 Å². The highest BCUT2D eigenvalue weighted by Gasteiger charge is 2.24. The van der Waals surface area contributed by atoms with Crippen molar-refractivity contribution in [3.05, 3.63) is 58.8 Å². The van der Waals surface area contributed by atoms with E-state index in [1.807, 2.05) is 24.3 Å². The summed E-state index contributed by atoms with van der Waals surface area (Å²) in [6.45, 7) is 3.13. The highest BCUT2D eigenvalue weighted by molar-refractivity contribution is 7.99. The van der Waals surface area contributed by atoms with Gasteiger partial charge < -0.3 is 9.73 Å². The quantitative estimate of drug-likeness (QED) is 0.677. The first-order valence-electron chi connectivity index (χ1n) is 7.43. The van der Waals surface area contributed by atoms with E-state index in [2.05, 4.69) is 30.4 Å². The zero-order valence-corrected chi connectivity index (χ0v) is 13.8. The van der Waals surface area contributed by atoms with Crippen LogP contribution in [0.15, 0.2) is 56.7 Å². The summed E-state index contributed by atoms with van der Waals surface area (Å²) in [5.41, 5.74) is 2.08. The van der Waals surface area contributed by atoms with Crippen LogP contribution in [0.3, 0.4) is 0 Å². The number of hydrogen-bond donors (Lipinski definition) is 1. The number of furan rings is 1. The lowest BCUT2D eigenvalue weighted by Gasteiger charge is -2.19. The molecule has 3 aromatic rings. The van der Waals surface area contributed by atoms with Crippen molar-refractivity contribution in [2.45, 2.75) is 29.2 Å². The summed E-state index contributed by atoms with van der Waals surface area (Å²) in [6, 6.07) is 14.8. The molecule has 22 heavy (non-hydrogen) atoms.